The van der Waals surface area contributed by atoms with Gasteiger partial charge in [0.25, 0.3) is 7.82 Å². The van der Waals surface area contributed by atoms with Crippen molar-refractivity contribution in [3.05, 3.63) is 109 Å². The Balaban J connectivity index is 5.15. The minimum Gasteiger partial charge on any atom is -0.756 e. The Hall–Kier alpha value is -3.33. The summed E-state index contributed by atoms with van der Waals surface area (Å²) in [5, 5.41) is 3.02. The van der Waals surface area contributed by atoms with Crippen molar-refractivity contribution >= 4 is 19.7 Å². The zero-order valence-electron chi connectivity index (χ0n) is 52.5. The number of quaternary nitrogens is 1. The van der Waals surface area contributed by atoms with Crippen molar-refractivity contribution in [2.45, 2.75) is 283 Å². The molecule has 0 bridgehead atoms. The topological polar surface area (TPSA) is 114 Å². The lowest BCUT2D eigenvalue weighted by atomic mass is 10.0. The molecule has 0 heterocycles. The number of hydrogen-bond donors (Lipinski definition) is 1. The van der Waals surface area contributed by atoms with Gasteiger partial charge in [-0.25, -0.2) is 0 Å². The fourth-order valence-electron chi connectivity index (χ4n) is 8.93. The summed E-state index contributed by atoms with van der Waals surface area (Å²) in [6, 6.07) is -0.904. The van der Waals surface area contributed by atoms with Crippen LogP contribution >= 0.6 is 7.82 Å². The first kappa shape index (κ1) is 76.7. The first-order valence-electron chi connectivity index (χ1n) is 32.7. The average molecular weight is 1140 g/mol. The Kier molecular flexibility index (Phi) is 56.4. The van der Waals surface area contributed by atoms with Crippen LogP contribution in [0.2, 0.25) is 0 Å². The molecule has 0 aliphatic heterocycles. The van der Waals surface area contributed by atoms with E-state index in [0.717, 1.165) is 135 Å². The second kappa shape index (κ2) is 58.9. The van der Waals surface area contributed by atoms with E-state index in [-0.39, 0.29) is 24.9 Å². The minimum atomic E-state index is -4.71. The molecule has 0 rings (SSSR count). The van der Waals surface area contributed by atoms with E-state index in [4.69, 9.17) is 13.8 Å². The van der Waals surface area contributed by atoms with Crippen LogP contribution in [0, 0.1) is 0 Å². The number of unbranched alkanes of at least 4 members (excludes halogenated alkanes) is 27. The number of rotatable bonds is 58. The zero-order valence-corrected chi connectivity index (χ0v) is 53.4. The van der Waals surface area contributed by atoms with Crippen LogP contribution in [0.25, 0.3) is 0 Å². The number of hydrogen-bond acceptors (Lipinski definition) is 7. The van der Waals surface area contributed by atoms with Gasteiger partial charge in [-0.2, -0.15) is 0 Å². The van der Waals surface area contributed by atoms with Crippen LogP contribution in [0.15, 0.2) is 109 Å². The fourth-order valence-corrected chi connectivity index (χ4v) is 9.65. The number of esters is 1. The normalized spacial score (nSPS) is 14.3. The lowest BCUT2D eigenvalue weighted by Crippen LogP contribution is -2.47. The molecular weight excluding hydrogens is 1010 g/mol. The van der Waals surface area contributed by atoms with Crippen LogP contribution in [0.1, 0.15) is 271 Å². The quantitative estimate of drug-likeness (QED) is 0.0161. The molecule has 0 saturated carbocycles. The lowest BCUT2D eigenvalue weighted by molar-refractivity contribution is -0.870. The van der Waals surface area contributed by atoms with E-state index in [9.17, 15) is 19.0 Å². The molecule has 460 valence electrons. The molecule has 0 radical (unpaired) electrons. The first-order chi connectivity index (χ1) is 38.9. The van der Waals surface area contributed by atoms with E-state index in [1.807, 2.05) is 33.3 Å². The van der Waals surface area contributed by atoms with Gasteiger partial charge < -0.3 is 28.5 Å². The van der Waals surface area contributed by atoms with E-state index >= 15 is 0 Å². The number of carbonyl (C=O) groups excluding carboxylic acids is 2. The monoisotopic (exact) mass is 1130 g/mol. The minimum absolute atomic E-state index is 0.0311. The molecule has 1 amide bonds. The molecular formula is C70H123N2O7P. The number of phosphoric acid groups is 1. The van der Waals surface area contributed by atoms with Crippen LogP contribution in [0.5, 0.6) is 0 Å². The highest BCUT2D eigenvalue weighted by molar-refractivity contribution is 7.45. The van der Waals surface area contributed by atoms with E-state index < -0.39 is 26.6 Å². The summed E-state index contributed by atoms with van der Waals surface area (Å²) in [5.74, 6) is -0.567. The molecule has 0 aliphatic rings. The molecule has 9 nitrogen and oxygen atoms in total. The molecule has 0 aromatic rings. The molecule has 10 heteroatoms. The number of allylic oxidation sites excluding steroid dienone is 17. The second-order valence-corrected chi connectivity index (χ2v) is 24.3. The zero-order chi connectivity index (χ0) is 58.6. The highest BCUT2D eigenvalue weighted by Crippen LogP contribution is 2.38. The molecule has 0 fully saturated rings. The second-order valence-electron chi connectivity index (χ2n) is 22.9. The van der Waals surface area contributed by atoms with Crippen molar-refractivity contribution < 1.29 is 37.3 Å². The van der Waals surface area contributed by atoms with Gasteiger partial charge in [-0.3, -0.25) is 14.2 Å². The van der Waals surface area contributed by atoms with Gasteiger partial charge in [0.05, 0.1) is 33.8 Å². The number of nitrogens with zero attached hydrogens (tertiary/aromatic N) is 1. The molecule has 0 saturated heterocycles. The van der Waals surface area contributed by atoms with Crippen LogP contribution in [0.4, 0.5) is 0 Å². The summed E-state index contributed by atoms with van der Waals surface area (Å²) in [7, 11) is 1.16. The number of amides is 1. The Labute approximate surface area is 493 Å². The largest absolute Gasteiger partial charge is 0.756 e. The van der Waals surface area contributed by atoms with Crippen molar-refractivity contribution in [3.63, 3.8) is 0 Å². The van der Waals surface area contributed by atoms with Gasteiger partial charge in [-0.15, -0.1) is 0 Å². The number of phosphoric ester groups is 1. The summed E-state index contributed by atoms with van der Waals surface area (Å²) in [6.45, 7) is 6.68. The van der Waals surface area contributed by atoms with Gasteiger partial charge in [0.1, 0.15) is 19.3 Å². The molecule has 1 N–H and O–H groups in total. The van der Waals surface area contributed by atoms with Crippen molar-refractivity contribution in [1.82, 2.24) is 5.32 Å². The molecule has 80 heavy (non-hydrogen) atoms. The van der Waals surface area contributed by atoms with Crippen molar-refractivity contribution in [3.8, 4) is 0 Å². The van der Waals surface area contributed by atoms with Gasteiger partial charge in [0, 0.05) is 12.8 Å². The summed E-state index contributed by atoms with van der Waals surface area (Å²) in [4.78, 5) is 40.0. The smallest absolute Gasteiger partial charge is 0.306 e. The van der Waals surface area contributed by atoms with Gasteiger partial charge in [-0.05, 0) is 109 Å². The van der Waals surface area contributed by atoms with Crippen molar-refractivity contribution in [2.24, 2.45) is 0 Å². The molecule has 3 atom stereocenters. The third kappa shape index (κ3) is 59.3. The predicted octanol–water partition coefficient (Wildman–Crippen LogP) is 19.9. The summed E-state index contributed by atoms with van der Waals surface area (Å²) in [5.41, 5.74) is 0. The van der Waals surface area contributed by atoms with Gasteiger partial charge in [0.15, 0.2) is 0 Å². The molecule has 0 spiro atoms. The van der Waals surface area contributed by atoms with Crippen LogP contribution in [-0.2, 0) is 27.9 Å². The van der Waals surface area contributed by atoms with Crippen LogP contribution in [0.3, 0.4) is 0 Å². The van der Waals surface area contributed by atoms with E-state index in [1.54, 1.807) is 0 Å². The number of nitrogens with one attached hydrogen (secondary N) is 1. The van der Waals surface area contributed by atoms with Crippen molar-refractivity contribution in [2.75, 3.05) is 40.9 Å². The predicted molar refractivity (Wildman–Crippen MR) is 344 cm³/mol. The molecule has 0 aromatic heterocycles. The average Bonchev–Trinajstić information content (AvgIpc) is 3.42. The Morgan fingerprint density at radius 2 is 0.838 bits per heavy atom. The third-order valence-electron chi connectivity index (χ3n) is 14.0. The van der Waals surface area contributed by atoms with Gasteiger partial charge in [0.2, 0.25) is 5.91 Å². The highest BCUT2D eigenvalue weighted by Gasteiger charge is 2.27. The molecule has 3 unspecified atom stereocenters. The number of carbonyl (C=O) groups is 2. The van der Waals surface area contributed by atoms with E-state index in [0.29, 0.717) is 23.9 Å². The summed E-state index contributed by atoms with van der Waals surface area (Å²) >= 11 is 0. The Morgan fingerprint density at radius 3 is 1.30 bits per heavy atom. The third-order valence-corrected chi connectivity index (χ3v) is 14.9. The van der Waals surface area contributed by atoms with Crippen LogP contribution in [-0.4, -0.2) is 69.4 Å². The van der Waals surface area contributed by atoms with E-state index in [1.165, 1.54) is 96.3 Å². The standard InChI is InChI=1S/C70H123N2O7P/c1-7-10-13-16-19-22-25-28-30-31-32-33-34-35-36-37-38-39-40-41-43-44-47-50-53-56-59-62-69(73)71-67(66-78-80(75,76)77-65-64-72(4,5)6)68(61-58-55-52-49-46-27-24-21-18-15-12-9-3)79-70(74)63-60-57-54-51-48-45-42-29-26-23-20-17-14-11-8-2/h10,13,19-20,22-23,26,28-30,32-33,35-36,38-39,58,61,67-68H,7-9,11-12,14-18,21,24-25,27,31,34,37,40-57,59-60,62-66H2,1-6H3,(H-,71,73,75,76)/b13-10-,22-19-,23-20+,29-26+,30-28-,33-32-,36-35-,39-38-,61-58-. The van der Waals surface area contributed by atoms with E-state index in [2.05, 4.69) is 123 Å². The Bertz CT molecular complexity index is 1740. The first-order valence-corrected chi connectivity index (χ1v) is 34.2. The SMILES string of the molecule is CC/C=C\C/C=C\C/C=C\C/C=C\C/C=C\C/C=C\CCCCCCCCCCC(=O)NC(COP(=O)([O-])OCC[N+](C)(C)C)C(/C=C\CCCCCCCCCCCC)OC(=O)CCCCCCCC/C=C/C=C/CCCCC. The highest BCUT2D eigenvalue weighted by atomic mass is 31.2. The van der Waals surface area contributed by atoms with Crippen LogP contribution < -0.4 is 10.2 Å². The number of ether oxygens (including phenoxy) is 1. The Morgan fingerprint density at radius 1 is 0.463 bits per heavy atom. The molecule has 0 aromatic carbocycles. The fraction of sp³-hybridized carbons (Fsp3) is 0.714. The summed E-state index contributed by atoms with van der Waals surface area (Å²) in [6.07, 6.45) is 80.5. The lowest BCUT2D eigenvalue weighted by Gasteiger charge is -2.30. The van der Waals surface area contributed by atoms with Gasteiger partial charge in [-0.1, -0.05) is 259 Å². The van der Waals surface area contributed by atoms with Crippen molar-refractivity contribution in [1.29, 1.82) is 0 Å². The number of likely N-dealkylation sites (N-methyl/N-ethyl adjacent to an activating group) is 1. The maximum absolute atomic E-state index is 13.6. The maximum atomic E-state index is 13.6. The molecule has 0 aliphatic carbocycles. The summed E-state index contributed by atoms with van der Waals surface area (Å²) < 4.78 is 30.3. The van der Waals surface area contributed by atoms with Gasteiger partial charge >= 0.3 is 5.97 Å². The maximum Gasteiger partial charge on any atom is 0.306 e.